The van der Waals surface area contributed by atoms with Crippen LogP contribution in [0.1, 0.15) is 77.7 Å². The van der Waals surface area contributed by atoms with Crippen LogP contribution in [0.5, 0.6) is 5.75 Å². The van der Waals surface area contributed by atoms with E-state index in [2.05, 4.69) is 0 Å². The van der Waals surface area contributed by atoms with Gasteiger partial charge in [0.1, 0.15) is 11.4 Å². The number of carboxylic acid groups (broad SMARTS) is 3. The molecule has 35 heavy (non-hydrogen) atoms. The summed E-state index contributed by atoms with van der Waals surface area (Å²) >= 11 is 0. The molecule has 0 saturated carbocycles. The average Bonchev–Trinajstić information content (AvgIpc) is 2.73. The lowest BCUT2D eigenvalue weighted by Gasteiger charge is -2.22. The van der Waals surface area contributed by atoms with E-state index in [0.29, 0.717) is 31.4 Å². The topological polar surface area (TPSA) is 147 Å². The van der Waals surface area contributed by atoms with Crippen LogP contribution in [-0.2, 0) is 30.3 Å². The molecule has 0 aliphatic rings. The summed E-state index contributed by atoms with van der Waals surface area (Å²) in [6.07, 6.45) is 4.52. The fourth-order valence-electron chi connectivity index (χ4n) is 3.77. The van der Waals surface area contributed by atoms with Crippen LogP contribution in [0.3, 0.4) is 0 Å². The predicted molar refractivity (Wildman–Crippen MR) is 128 cm³/mol. The molecule has 0 heterocycles. The Balaban J connectivity index is 2.76. The third kappa shape index (κ3) is 14.7. The van der Waals surface area contributed by atoms with Gasteiger partial charge in [-0.15, -0.1) is 0 Å². The Hall–Kier alpha value is -3.10. The van der Waals surface area contributed by atoms with Gasteiger partial charge in [0, 0.05) is 6.42 Å². The maximum Gasteiger partial charge on any atom is 0.341 e. The van der Waals surface area contributed by atoms with Crippen molar-refractivity contribution in [1.82, 2.24) is 0 Å². The largest absolute Gasteiger partial charge is 0.482 e. The first kappa shape index (κ1) is 29.9. The van der Waals surface area contributed by atoms with Crippen molar-refractivity contribution in [3.63, 3.8) is 0 Å². The highest BCUT2D eigenvalue weighted by molar-refractivity contribution is 5.78. The smallest absolute Gasteiger partial charge is 0.341 e. The van der Waals surface area contributed by atoms with Crippen LogP contribution in [0.25, 0.3) is 0 Å². The summed E-state index contributed by atoms with van der Waals surface area (Å²) in [6.45, 7) is 4.78. The number of hydrogen-bond donors (Lipinski definition) is 3. The molecule has 0 amide bonds. The third-order valence-corrected chi connectivity index (χ3v) is 5.42. The summed E-state index contributed by atoms with van der Waals surface area (Å²) in [4.78, 5) is 45.3. The van der Waals surface area contributed by atoms with Crippen molar-refractivity contribution in [3.05, 3.63) is 29.8 Å². The van der Waals surface area contributed by atoms with Gasteiger partial charge < -0.3 is 24.8 Å². The second kappa shape index (κ2) is 15.0. The van der Waals surface area contributed by atoms with Gasteiger partial charge in [-0.2, -0.15) is 0 Å². The first-order valence-corrected chi connectivity index (χ1v) is 12.0. The number of carbonyl (C=O) groups is 4. The third-order valence-electron chi connectivity index (χ3n) is 5.42. The van der Waals surface area contributed by atoms with Crippen LogP contribution in [0.2, 0.25) is 0 Å². The van der Waals surface area contributed by atoms with Crippen LogP contribution in [-0.4, -0.2) is 51.4 Å². The molecule has 0 aliphatic heterocycles. The maximum absolute atomic E-state index is 12.2. The number of aliphatic carboxylic acids is 3. The molecule has 2 atom stereocenters. The van der Waals surface area contributed by atoms with Gasteiger partial charge in [-0.05, 0) is 70.1 Å². The Morgan fingerprint density at radius 2 is 1.51 bits per heavy atom. The Morgan fingerprint density at radius 1 is 0.857 bits per heavy atom. The second-order valence-corrected chi connectivity index (χ2v) is 9.79. The minimum Gasteiger partial charge on any atom is -0.482 e. The van der Waals surface area contributed by atoms with Crippen molar-refractivity contribution in [2.75, 3.05) is 6.61 Å². The molecule has 0 aromatic heterocycles. The normalized spacial score (nSPS) is 13.0. The summed E-state index contributed by atoms with van der Waals surface area (Å²) in [5.74, 6) is -3.69. The number of carbonyl (C=O) groups excluding carboxylic acids is 1. The minimum atomic E-state index is -1.06. The summed E-state index contributed by atoms with van der Waals surface area (Å²) in [7, 11) is 0. The van der Waals surface area contributed by atoms with Crippen LogP contribution < -0.4 is 4.74 Å². The molecule has 0 spiro atoms. The van der Waals surface area contributed by atoms with E-state index in [-0.39, 0.29) is 18.8 Å². The van der Waals surface area contributed by atoms with E-state index in [1.54, 1.807) is 32.9 Å². The van der Waals surface area contributed by atoms with Gasteiger partial charge in [-0.1, -0.05) is 31.4 Å². The van der Waals surface area contributed by atoms with Gasteiger partial charge in [0.05, 0.1) is 12.3 Å². The molecule has 1 rings (SSSR count). The Kier molecular flexibility index (Phi) is 12.8. The van der Waals surface area contributed by atoms with E-state index >= 15 is 0 Å². The van der Waals surface area contributed by atoms with E-state index in [1.165, 1.54) is 0 Å². The van der Waals surface area contributed by atoms with Crippen molar-refractivity contribution in [1.29, 1.82) is 0 Å². The summed E-state index contributed by atoms with van der Waals surface area (Å²) in [6, 6.07) is 7.10. The first-order chi connectivity index (χ1) is 16.4. The molecule has 0 bridgehead atoms. The monoisotopic (exact) mass is 494 g/mol. The van der Waals surface area contributed by atoms with Gasteiger partial charge in [0.2, 0.25) is 0 Å². The quantitative estimate of drug-likeness (QED) is 0.209. The van der Waals surface area contributed by atoms with Crippen LogP contribution >= 0.6 is 0 Å². The molecule has 3 N–H and O–H groups in total. The zero-order chi connectivity index (χ0) is 26.4. The number of benzene rings is 1. The van der Waals surface area contributed by atoms with Gasteiger partial charge in [0.25, 0.3) is 0 Å². The van der Waals surface area contributed by atoms with Crippen molar-refractivity contribution < 1.29 is 44.0 Å². The van der Waals surface area contributed by atoms with E-state index < -0.39 is 42.0 Å². The lowest BCUT2D eigenvalue weighted by molar-refractivity contribution is -0.160. The summed E-state index contributed by atoms with van der Waals surface area (Å²) in [5.41, 5.74) is 0.320. The van der Waals surface area contributed by atoms with E-state index in [4.69, 9.17) is 19.7 Å². The molecule has 0 radical (unpaired) electrons. The molecular formula is C26H38O9. The molecule has 1 aromatic rings. The molecule has 0 aliphatic carbocycles. The average molecular weight is 495 g/mol. The number of hydrogen-bond acceptors (Lipinski definition) is 6. The first-order valence-electron chi connectivity index (χ1n) is 12.0. The zero-order valence-corrected chi connectivity index (χ0v) is 20.8. The number of rotatable bonds is 17. The van der Waals surface area contributed by atoms with Crippen molar-refractivity contribution in [2.45, 2.75) is 84.2 Å². The highest BCUT2D eigenvalue weighted by atomic mass is 16.6. The second-order valence-electron chi connectivity index (χ2n) is 9.79. The van der Waals surface area contributed by atoms with Gasteiger partial charge in [0.15, 0.2) is 6.61 Å². The van der Waals surface area contributed by atoms with Crippen LogP contribution in [0.4, 0.5) is 0 Å². The minimum absolute atomic E-state index is 0.124. The zero-order valence-electron chi connectivity index (χ0n) is 20.8. The summed E-state index contributed by atoms with van der Waals surface area (Å²) in [5, 5.41) is 27.2. The molecule has 0 saturated heterocycles. The highest BCUT2D eigenvalue weighted by Gasteiger charge is 2.26. The predicted octanol–water partition coefficient (Wildman–Crippen LogP) is 4.56. The van der Waals surface area contributed by atoms with Crippen molar-refractivity contribution in [2.24, 2.45) is 11.8 Å². The molecule has 9 nitrogen and oxygen atoms in total. The Labute approximate surface area is 206 Å². The van der Waals surface area contributed by atoms with E-state index in [1.807, 2.05) is 12.1 Å². The number of unbranched alkanes of at least 4 members (excludes halogenated alkanes) is 2. The van der Waals surface area contributed by atoms with Crippen molar-refractivity contribution in [3.8, 4) is 5.75 Å². The fourth-order valence-corrected chi connectivity index (χ4v) is 3.77. The van der Waals surface area contributed by atoms with Crippen LogP contribution in [0, 0.1) is 11.8 Å². The van der Waals surface area contributed by atoms with Gasteiger partial charge in [-0.3, -0.25) is 14.4 Å². The maximum atomic E-state index is 12.2. The molecular weight excluding hydrogens is 456 g/mol. The standard InChI is InChI=1S/C26H38O9/c1-26(2,3)35-24(31)16-20(25(32)33)12-9-18(7-5-4-6-8-22(27)28)15-19-10-13-21(14-11-19)34-17-23(29)30/h10-11,13-14,18,20H,4-9,12,15-17H2,1-3H3,(H,27,28)(H,29,30)(H,32,33). The number of ether oxygens (including phenoxy) is 2. The molecule has 2 unspecified atom stereocenters. The Morgan fingerprint density at radius 3 is 2.06 bits per heavy atom. The fraction of sp³-hybridized carbons (Fsp3) is 0.615. The molecule has 1 aromatic carbocycles. The molecule has 196 valence electrons. The number of esters is 1. The van der Waals surface area contributed by atoms with Crippen molar-refractivity contribution >= 4 is 23.9 Å². The lowest BCUT2D eigenvalue weighted by Crippen LogP contribution is -2.27. The lowest BCUT2D eigenvalue weighted by atomic mass is 9.86. The summed E-state index contributed by atoms with van der Waals surface area (Å²) < 4.78 is 10.4. The highest BCUT2D eigenvalue weighted by Crippen LogP contribution is 2.26. The molecule has 9 heteroatoms. The number of carboxylic acids is 3. The van der Waals surface area contributed by atoms with Gasteiger partial charge in [-0.25, -0.2) is 4.79 Å². The Bertz CT molecular complexity index is 824. The molecule has 0 fully saturated rings. The van der Waals surface area contributed by atoms with E-state index in [9.17, 15) is 24.3 Å². The van der Waals surface area contributed by atoms with Gasteiger partial charge >= 0.3 is 23.9 Å². The van der Waals surface area contributed by atoms with Crippen LogP contribution in [0.15, 0.2) is 24.3 Å². The van der Waals surface area contributed by atoms with E-state index in [0.717, 1.165) is 24.8 Å². The SMILES string of the molecule is CC(C)(C)OC(=O)CC(CCC(CCCCCC(=O)O)Cc1ccc(OCC(=O)O)cc1)C(=O)O.